The lowest BCUT2D eigenvalue weighted by atomic mass is 9.72. The zero-order valence-corrected chi connectivity index (χ0v) is 26.2. The summed E-state index contributed by atoms with van der Waals surface area (Å²) in [5.74, 6) is -0.666. The van der Waals surface area contributed by atoms with Gasteiger partial charge in [-0.3, -0.25) is 4.79 Å². The van der Waals surface area contributed by atoms with Crippen molar-refractivity contribution in [3.8, 4) is 0 Å². The highest BCUT2D eigenvalue weighted by atomic mass is 16.4. The van der Waals surface area contributed by atoms with E-state index in [-0.39, 0.29) is 6.61 Å². The molecule has 0 aromatic rings. The fourth-order valence-electron chi connectivity index (χ4n) is 4.84. The summed E-state index contributed by atoms with van der Waals surface area (Å²) in [6.45, 7) is 13.4. The van der Waals surface area contributed by atoms with Gasteiger partial charge in [0.25, 0.3) is 0 Å². The Hall–Kier alpha value is -2.13. The summed E-state index contributed by atoms with van der Waals surface area (Å²) in [7, 11) is 0. The number of carboxylic acids is 1. The third-order valence-corrected chi connectivity index (χ3v) is 7.34. The third-order valence-electron chi connectivity index (χ3n) is 7.34. The lowest BCUT2D eigenvalue weighted by Gasteiger charge is -2.32. The average Bonchev–Trinajstić information content (AvgIpc) is 2.86. The first kappa shape index (κ1) is 36.9. The molecule has 3 nitrogen and oxygen atoms in total. The molecular formula is C36H60O3. The van der Waals surface area contributed by atoms with E-state index in [1.807, 2.05) is 19.1 Å². The molecule has 2 N–H and O–H groups in total. The van der Waals surface area contributed by atoms with Gasteiger partial charge < -0.3 is 10.2 Å². The van der Waals surface area contributed by atoms with Crippen LogP contribution in [-0.2, 0) is 4.79 Å². The molecule has 0 amide bonds. The number of rotatable bonds is 18. The van der Waals surface area contributed by atoms with Crippen molar-refractivity contribution in [1.29, 1.82) is 0 Å². The molecule has 1 aliphatic rings. The van der Waals surface area contributed by atoms with E-state index < -0.39 is 5.97 Å². The van der Waals surface area contributed by atoms with E-state index in [0.29, 0.717) is 11.8 Å². The molecule has 0 heterocycles. The van der Waals surface area contributed by atoms with Crippen molar-refractivity contribution in [2.24, 2.45) is 5.41 Å². The van der Waals surface area contributed by atoms with Crippen molar-refractivity contribution in [2.45, 2.75) is 138 Å². The van der Waals surface area contributed by atoms with Gasteiger partial charge in [0.15, 0.2) is 0 Å². The predicted octanol–water partition coefficient (Wildman–Crippen LogP) is 10.8. The molecule has 0 aromatic carbocycles. The van der Waals surface area contributed by atoms with E-state index >= 15 is 0 Å². The van der Waals surface area contributed by atoms with Gasteiger partial charge in [-0.25, -0.2) is 0 Å². The first-order valence-corrected chi connectivity index (χ1v) is 15.5. The second-order valence-electron chi connectivity index (χ2n) is 11.7. The zero-order valence-electron chi connectivity index (χ0n) is 26.2. The Labute approximate surface area is 241 Å². The van der Waals surface area contributed by atoms with E-state index in [1.165, 1.54) is 93.8 Å². The molecule has 0 bridgehead atoms. The van der Waals surface area contributed by atoms with Gasteiger partial charge in [-0.2, -0.15) is 0 Å². The summed E-state index contributed by atoms with van der Waals surface area (Å²) in [5.41, 5.74) is 5.66. The van der Waals surface area contributed by atoms with Crippen LogP contribution in [0.15, 0.2) is 70.9 Å². The molecular weight excluding hydrogens is 480 g/mol. The molecule has 39 heavy (non-hydrogen) atoms. The van der Waals surface area contributed by atoms with Gasteiger partial charge in [0.05, 0.1) is 6.61 Å². The minimum absolute atomic E-state index is 0.0985. The molecule has 222 valence electrons. The Morgan fingerprint density at radius 1 is 0.897 bits per heavy atom. The van der Waals surface area contributed by atoms with Gasteiger partial charge in [0.1, 0.15) is 0 Å². The largest absolute Gasteiger partial charge is 0.481 e. The highest BCUT2D eigenvalue weighted by Crippen LogP contribution is 2.40. The second-order valence-corrected chi connectivity index (χ2v) is 11.7. The van der Waals surface area contributed by atoms with Crippen molar-refractivity contribution >= 4 is 5.97 Å². The van der Waals surface area contributed by atoms with Crippen LogP contribution < -0.4 is 0 Å². The van der Waals surface area contributed by atoms with Crippen LogP contribution in [0.25, 0.3) is 0 Å². The summed E-state index contributed by atoms with van der Waals surface area (Å²) < 4.78 is 0. The highest BCUT2D eigenvalue weighted by Gasteiger charge is 2.26. The number of allylic oxidation sites excluding steroid dienone is 11. The molecule has 0 fully saturated rings. The van der Waals surface area contributed by atoms with Gasteiger partial charge in [0.2, 0.25) is 0 Å². The van der Waals surface area contributed by atoms with Crippen molar-refractivity contribution in [3.05, 3.63) is 70.9 Å². The number of hydrogen-bond acceptors (Lipinski definition) is 2. The maximum atomic E-state index is 10.3. The lowest BCUT2D eigenvalue weighted by Crippen LogP contribution is -2.19. The molecule has 0 radical (unpaired) electrons. The fraction of sp³-hybridized carbons (Fsp3) is 0.639. The Bertz CT molecular complexity index is 833. The summed E-state index contributed by atoms with van der Waals surface area (Å²) >= 11 is 0. The van der Waals surface area contributed by atoms with Crippen LogP contribution in [0.2, 0.25) is 0 Å². The van der Waals surface area contributed by atoms with Crippen molar-refractivity contribution in [2.75, 3.05) is 6.61 Å². The topological polar surface area (TPSA) is 57.5 Å². The van der Waals surface area contributed by atoms with Crippen LogP contribution in [-0.4, -0.2) is 22.8 Å². The van der Waals surface area contributed by atoms with Crippen molar-refractivity contribution < 1.29 is 15.0 Å². The van der Waals surface area contributed by atoms with Crippen molar-refractivity contribution in [3.63, 3.8) is 0 Å². The number of aliphatic carboxylic acids is 1. The van der Waals surface area contributed by atoms with E-state index in [4.69, 9.17) is 10.2 Å². The molecule has 0 saturated carbocycles. The number of aliphatic hydroxyl groups is 1. The Morgan fingerprint density at radius 3 is 2.10 bits per heavy atom. The zero-order chi connectivity index (χ0) is 29.4. The normalized spacial score (nSPS) is 16.4. The molecule has 0 atom stereocenters. The number of unbranched alkanes of at least 4 members (excludes halogenated alkanes) is 9. The predicted molar refractivity (Wildman–Crippen MR) is 171 cm³/mol. The quantitative estimate of drug-likeness (QED) is 0.103. The maximum absolute atomic E-state index is 10.3. The third kappa shape index (κ3) is 21.4. The number of carbonyl (C=O) groups is 1. The summed E-state index contributed by atoms with van der Waals surface area (Å²) in [5, 5.41) is 17.3. The highest BCUT2D eigenvalue weighted by molar-refractivity contribution is 5.66. The average molecular weight is 541 g/mol. The smallest absolute Gasteiger partial charge is 0.303 e. The maximum Gasteiger partial charge on any atom is 0.303 e. The van der Waals surface area contributed by atoms with Gasteiger partial charge in [-0.15, -0.1) is 0 Å². The van der Waals surface area contributed by atoms with E-state index in [0.717, 1.165) is 18.4 Å². The van der Waals surface area contributed by atoms with Crippen molar-refractivity contribution in [1.82, 2.24) is 0 Å². The Kier molecular flexibility index (Phi) is 22.4. The van der Waals surface area contributed by atoms with Gasteiger partial charge in [-0.05, 0) is 83.1 Å². The monoisotopic (exact) mass is 540 g/mol. The second kappa shape index (κ2) is 23.7. The number of aliphatic hydroxyl groups excluding tert-OH is 1. The molecule has 0 aromatic heterocycles. The Balaban J connectivity index is 0.000000751. The molecule has 1 rings (SSSR count). The number of hydrogen-bond donors (Lipinski definition) is 2. The van der Waals surface area contributed by atoms with Crippen LogP contribution in [0.5, 0.6) is 0 Å². The van der Waals surface area contributed by atoms with Gasteiger partial charge >= 0.3 is 5.97 Å². The van der Waals surface area contributed by atoms with Gasteiger partial charge in [-0.1, -0.05) is 125 Å². The van der Waals surface area contributed by atoms with Crippen LogP contribution in [0.1, 0.15) is 138 Å². The Morgan fingerprint density at radius 2 is 1.51 bits per heavy atom. The van der Waals surface area contributed by atoms with E-state index in [1.54, 1.807) is 6.08 Å². The van der Waals surface area contributed by atoms with Gasteiger partial charge in [0, 0.05) is 6.42 Å². The summed E-state index contributed by atoms with van der Waals surface area (Å²) in [4.78, 5) is 10.3. The first-order valence-electron chi connectivity index (χ1n) is 15.5. The molecule has 3 heteroatoms. The first-order chi connectivity index (χ1) is 18.6. The molecule has 0 aliphatic heterocycles. The summed E-state index contributed by atoms with van der Waals surface area (Å²) in [6, 6.07) is 0. The minimum atomic E-state index is -0.666. The van der Waals surface area contributed by atoms with Crippen LogP contribution >= 0.6 is 0 Å². The molecule has 1 aliphatic carbocycles. The molecule has 0 spiro atoms. The van der Waals surface area contributed by atoms with E-state index in [9.17, 15) is 4.79 Å². The SMILES string of the molecule is CC1=C(/C=C/C(C)=C/C=C/C(C)=C/CO)C(C)(C)CCC1.CCCCCC/C=C\CCCCCCCC(=O)O. The van der Waals surface area contributed by atoms with Crippen LogP contribution in [0.3, 0.4) is 0 Å². The fourth-order valence-corrected chi connectivity index (χ4v) is 4.84. The number of carboxylic acid groups (broad SMARTS) is 1. The van der Waals surface area contributed by atoms with Crippen LogP contribution in [0.4, 0.5) is 0 Å². The lowest BCUT2D eigenvalue weighted by molar-refractivity contribution is -0.137. The summed E-state index contributed by atoms with van der Waals surface area (Å²) in [6.07, 6.45) is 34.6. The molecule has 0 unspecified atom stereocenters. The molecule has 0 saturated heterocycles. The van der Waals surface area contributed by atoms with E-state index in [2.05, 4.69) is 65.0 Å². The van der Waals surface area contributed by atoms with Crippen LogP contribution in [0, 0.1) is 5.41 Å². The standard InChI is InChI=1S/C20H30O.C16H30O2/c1-16(8-6-9-17(2)13-15-21)11-12-19-18(3)10-7-14-20(19,4)5;1-2-3-4-5-6-7-8-9-10-11-12-13-14-15-16(17)18/h6,8-9,11-13,21H,7,10,14-15H2,1-5H3;7-8H,2-6,9-15H2,1H3,(H,17,18)/b9-6+,12-11+,16-8+,17-13+;8-7-. The minimum Gasteiger partial charge on any atom is -0.481 e.